The maximum atomic E-state index is 12.2. The van der Waals surface area contributed by atoms with Gasteiger partial charge in [0.05, 0.1) is 0 Å². The second kappa shape index (κ2) is 9.14. The quantitative estimate of drug-likeness (QED) is 0.506. The number of carbonyl (C=O) groups is 1. The second-order valence-electron chi connectivity index (χ2n) is 6.71. The Morgan fingerprint density at radius 2 is 2.04 bits per heavy atom. The predicted molar refractivity (Wildman–Crippen MR) is 108 cm³/mol. The minimum Gasteiger partial charge on any atom is -0.361 e. The van der Waals surface area contributed by atoms with Crippen LogP contribution >= 0.6 is 0 Å². The van der Waals surface area contributed by atoms with E-state index >= 15 is 0 Å². The monoisotopic (exact) mass is 366 g/mol. The lowest BCUT2D eigenvalue weighted by Gasteiger charge is -2.10. The summed E-state index contributed by atoms with van der Waals surface area (Å²) in [6, 6.07) is 9.86. The molecule has 7 nitrogen and oxygen atoms in total. The fraction of sp³-hybridized carbons (Fsp3) is 0.350. The van der Waals surface area contributed by atoms with Crippen molar-refractivity contribution in [3.63, 3.8) is 0 Å². The molecule has 0 aliphatic heterocycles. The van der Waals surface area contributed by atoms with Gasteiger partial charge in [-0.1, -0.05) is 18.2 Å². The zero-order valence-electron chi connectivity index (χ0n) is 15.8. The Balaban J connectivity index is 1.51. The van der Waals surface area contributed by atoms with Crippen molar-refractivity contribution >= 4 is 22.8 Å². The van der Waals surface area contributed by atoms with Crippen molar-refractivity contribution in [3.8, 4) is 0 Å². The van der Waals surface area contributed by atoms with Crippen LogP contribution in [-0.4, -0.2) is 59.5 Å². The summed E-state index contributed by atoms with van der Waals surface area (Å²) in [7, 11) is 4.03. The Morgan fingerprint density at radius 3 is 2.89 bits per heavy atom. The highest BCUT2D eigenvalue weighted by Crippen LogP contribution is 2.18. The van der Waals surface area contributed by atoms with Crippen LogP contribution in [0.25, 0.3) is 10.9 Å². The van der Waals surface area contributed by atoms with Gasteiger partial charge in [-0.2, -0.15) is 0 Å². The van der Waals surface area contributed by atoms with Crippen molar-refractivity contribution in [1.82, 2.24) is 25.2 Å². The van der Waals surface area contributed by atoms with Gasteiger partial charge in [0.1, 0.15) is 5.69 Å². The Morgan fingerprint density at radius 1 is 1.19 bits per heavy atom. The van der Waals surface area contributed by atoms with Crippen LogP contribution in [0.5, 0.6) is 0 Å². The molecule has 0 spiro atoms. The van der Waals surface area contributed by atoms with E-state index in [1.54, 1.807) is 12.3 Å². The molecule has 27 heavy (non-hydrogen) atoms. The second-order valence-corrected chi connectivity index (χ2v) is 6.71. The number of aromatic amines is 1. The van der Waals surface area contributed by atoms with Crippen molar-refractivity contribution in [3.05, 3.63) is 54.0 Å². The largest absolute Gasteiger partial charge is 0.361 e. The van der Waals surface area contributed by atoms with Crippen LogP contribution in [0.1, 0.15) is 22.5 Å². The number of hydrogen-bond acceptors (Lipinski definition) is 5. The van der Waals surface area contributed by atoms with Gasteiger partial charge in [0.2, 0.25) is 5.95 Å². The zero-order chi connectivity index (χ0) is 19.1. The van der Waals surface area contributed by atoms with E-state index < -0.39 is 0 Å². The van der Waals surface area contributed by atoms with Crippen LogP contribution in [0.15, 0.2) is 42.7 Å². The predicted octanol–water partition coefficient (Wildman–Crippen LogP) is 2.29. The Hall–Kier alpha value is -2.93. The third-order valence-electron chi connectivity index (χ3n) is 4.31. The molecule has 1 amide bonds. The molecular weight excluding hydrogens is 340 g/mol. The molecule has 0 bridgehead atoms. The van der Waals surface area contributed by atoms with Gasteiger partial charge in [-0.05, 0) is 51.2 Å². The molecule has 0 radical (unpaired) electrons. The van der Waals surface area contributed by atoms with E-state index in [9.17, 15) is 4.79 Å². The van der Waals surface area contributed by atoms with E-state index in [2.05, 4.69) is 42.6 Å². The fourth-order valence-corrected chi connectivity index (χ4v) is 2.91. The summed E-state index contributed by atoms with van der Waals surface area (Å²) < 4.78 is 0. The molecule has 2 heterocycles. The number of anilines is 1. The van der Waals surface area contributed by atoms with Crippen LogP contribution in [0.4, 0.5) is 5.95 Å². The van der Waals surface area contributed by atoms with Crippen molar-refractivity contribution in [2.24, 2.45) is 0 Å². The maximum Gasteiger partial charge on any atom is 0.270 e. The molecule has 2 aromatic heterocycles. The minimum absolute atomic E-state index is 0.171. The van der Waals surface area contributed by atoms with Crippen LogP contribution in [0, 0.1) is 0 Å². The summed E-state index contributed by atoms with van der Waals surface area (Å²) in [6.45, 7) is 2.25. The molecule has 0 saturated heterocycles. The zero-order valence-corrected chi connectivity index (χ0v) is 15.8. The van der Waals surface area contributed by atoms with E-state index in [4.69, 9.17) is 0 Å². The van der Waals surface area contributed by atoms with E-state index in [-0.39, 0.29) is 5.91 Å². The van der Waals surface area contributed by atoms with Crippen LogP contribution in [0.2, 0.25) is 0 Å². The van der Waals surface area contributed by atoms with Gasteiger partial charge in [0, 0.05) is 36.4 Å². The average molecular weight is 366 g/mol. The van der Waals surface area contributed by atoms with Gasteiger partial charge in [0.25, 0.3) is 5.91 Å². The van der Waals surface area contributed by atoms with Gasteiger partial charge in [-0.15, -0.1) is 0 Å². The molecule has 0 atom stereocenters. The number of H-pyrrole nitrogens is 1. The lowest BCUT2D eigenvalue weighted by Crippen LogP contribution is -2.28. The van der Waals surface area contributed by atoms with E-state index in [1.165, 1.54) is 10.9 Å². The minimum atomic E-state index is -0.171. The standard InChI is InChI=1S/C20H26N6O/c1-26(2)13-5-10-21-19(27)18-9-12-23-20(25-18)22-11-8-15-14-24-17-7-4-3-6-16(15)17/h3-4,6-7,9,12,14,24H,5,8,10-11,13H2,1-2H3,(H,21,27)(H,22,23,25). The van der Waals surface area contributed by atoms with E-state index in [0.717, 1.165) is 24.9 Å². The normalized spacial score (nSPS) is 11.1. The molecule has 3 rings (SSSR count). The summed E-state index contributed by atoms with van der Waals surface area (Å²) in [4.78, 5) is 26.1. The van der Waals surface area contributed by atoms with Gasteiger partial charge < -0.3 is 20.5 Å². The number of para-hydroxylation sites is 1. The first-order valence-electron chi connectivity index (χ1n) is 9.18. The molecule has 0 aliphatic carbocycles. The first kappa shape index (κ1) is 18.8. The molecule has 1 aromatic carbocycles. The van der Waals surface area contributed by atoms with Gasteiger partial charge in [-0.25, -0.2) is 9.97 Å². The maximum absolute atomic E-state index is 12.2. The molecule has 0 unspecified atom stereocenters. The molecule has 0 fully saturated rings. The summed E-state index contributed by atoms with van der Waals surface area (Å²) in [5.41, 5.74) is 2.76. The smallest absolute Gasteiger partial charge is 0.270 e. The van der Waals surface area contributed by atoms with Crippen LogP contribution in [-0.2, 0) is 6.42 Å². The molecule has 142 valence electrons. The Labute approximate surface area is 159 Å². The highest BCUT2D eigenvalue weighted by atomic mass is 16.1. The number of rotatable bonds is 9. The third-order valence-corrected chi connectivity index (χ3v) is 4.31. The number of nitrogens with one attached hydrogen (secondary N) is 3. The van der Waals surface area contributed by atoms with Crippen LogP contribution < -0.4 is 10.6 Å². The molecule has 3 N–H and O–H groups in total. The van der Waals surface area contributed by atoms with Crippen molar-refractivity contribution in [2.75, 3.05) is 39.0 Å². The molecule has 7 heteroatoms. The lowest BCUT2D eigenvalue weighted by molar-refractivity contribution is 0.0947. The highest BCUT2D eigenvalue weighted by Gasteiger charge is 2.08. The number of nitrogens with zero attached hydrogens (tertiary/aromatic N) is 3. The molecule has 0 saturated carbocycles. The summed E-state index contributed by atoms with van der Waals surface area (Å²) in [5.74, 6) is 0.298. The first-order chi connectivity index (χ1) is 13.1. The average Bonchev–Trinajstić information content (AvgIpc) is 3.08. The van der Waals surface area contributed by atoms with E-state index in [0.29, 0.717) is 24.7 Å². The first-order valence-corrected chi connectivity index (χ1v) is 9.18. The van der Waals surface area contributed by atoms with Gasteiger partial charge in [-0.3, -0.25) is 4.79 Å². The fourth-order valence-electron chi connectivity index (χ4n) is 2.91. The van der Waals surface area contributed by atoms with Crippen molar-refractivity contribution < 1.29 is 4.79 Å². The summed E-state index contributed by atoms with van der Waals surface area (Å²) >= 11 is 0. The van der Waals surface area contributed by atoms with E-state index in [1.807, 2.05) is 32.4 Å². The van der Waals surface area contributed by atoms with Crippen molar-refractivity contribution in [2.45, 2.75) is 12.8 Å². The number of benzene rings is 1. The molecular formula is C20H26N6O. The van der Waals surface area contributed by atoms with Gasteiger partial charge >= 0.3 is 0 Å². The topological polar surface area (TPSA) is 85.9 Å². The molecule has 0 aliphatic rings. The summed E-state index contributed by atoms with van der Waals surface area (Å²) in [5, 5.41) is 7.32. The van der Waals surface area contributed by atoms with Crippen LogP contribution in [0.3, 0.4) is 0 Å². The SMILES string of the molecule is CN(C)CCCNC(=O)c1ccnc(NCCc2c[nH]c3ccccc23)n1. The third kappa shape index (κ3) is 5.27. The number of fused-ring (bicyclic) bond motifs is 1. The summed E-state index contributed by atoms with van der Waals surface area (Å²) in [6.07, 6.45) is 5.38. The number of hydrogen-bond donors (Lipinski definition) is 3. The number of amides is 1. The molecule has 3 aromatic rings. The highest BCUT2D eigenvalue weighted by molar-refractivity contribution is 5.92. The Bertz CT molecular complexity index is 889. The number of carbonyl (C=O) groups excluding carboxylic acids is 1. The Kier molecular flexibility index (Phi) is 6.38. The lowest BCUT2D eigenvalue weighted by atomic mass is 10.1. The number of aromatic nitrogens is 3. The van der Waals surface area contributed by atoms with Crippen molar-refractivity contribution in [1.29, 1.82) is 0 Å². The van der Waals surface area contributed by atoms with Gasteiger partial charge in [0.15, 0.2) is 0 Å².